The van der Waals surface area contributed by atoms with Gasteiger partial charge in [0.2, 0.25) is 0 Å². The molecule has 2 aromatic carbocycles. The number of hydrogen-bond donors (Lipinski definition) is 7. The molecule has 0 radical (unpaired) electrons. The van der Waals surface area contributed by atoms with Gasteiger partial charge in [-0.1, -0.05) is 123 Å². The van der Waals surface area contributed by atoms with E-state index >= 15 is 0 Å². The van der Waals surface area contributed by atoms with E-state index in [9.17, 15) is 30.3 Å². The van der Waals surface area contributed by atoms with E-state index in [1.165, 1.54) is 16.7 Å². The second kappa shape index (κ2) is 25.2. The van der Waals surface area contributed by atoms with Gasteiger partial charge in [-0.3, -0.25) is 10.1 Å². The number of aldehydes is 1. The largest absolute Gasteiger partial charge is 0.396 e. The molecule has 0 unspecified atom stereocenters. The molecule has 1 spiro atoms. The average molecular weight is 963 g/mol. The van der Waals surface area contributed by atoms with Crippen LogP contribution < -0.4 is 10.6 Å². The van der Waals surface area contributed by atoms with E-state index in [1.54, 1.807) is 7.11 Å². The van der Waals surface area contributed by atoms with Crippen LogP contribution in [0.3, 0.4) is 0 Å². The first-order chi connectivity index (χ1) is 33.5. The van der Waals surface area contributed by atoms with Crippen LogP contribution in [0.2, 0.25) is 0 Å². The minimum absolute atomic E-state index is 0.0376. The SMILES string of the molecule is C=C(/C=C/C=C(/CO[C@H](O)CC(C)C)[C@@H]1CC[C@]2([C@@H]1O)[C@@H]1C(=C(C)C=O)[C@@H](C=C[C@H]1CCO)C[C@]2(O)CCNC)[C@H]1C/C=C(\C)[C@@H](O)N[C@@](C)(CCOC)Cc2cccc(c2)[C@@H]1CCc1ccccc1. The molecule has 10 nitrogen and oxygen atoms in total. The fourth-order valence-electron chi connectivity index (χ4n) is 12.9. The second-order valence-electron chi connectivity index (χ2n) is 21.9. The van der Waals surface area contributed by atoms with Crippen LogP contribution in [0.1, 0.15) is 115 Å². The van der Waals surface area contributed by atoms with E-state index < -0.39 is 41.1 Å². The number of aryl methyl sites for hydroxylation is 1. The molecule has 0 amide bonds. The highest BCUT2D eigenvalue weighted by Gasteiger charge is 2.68. The monoisotopic (exact) mass is 963 g/mol. The highest BCUT2D eigenvalue weighted by atomic mass is 16.6. The number of allylic oxidation sites excluding steroid dienone is 9. The van der Waals surface area contributed by atoms with Crippen LogP contribution in [0.4, 0.5) is 0 Å². The number of ether oxygens (including phenoxy) is 2. The Kier molecular flexibility index (Phi) is 20.0. The molecule has 0 saturated heterocycles. The zero-order chi connectivity index (χ0) is 50.6. The predicted molar refractivity (Wildman–Crippen MR) is 281 cm³/mol. The molecule has 7 N–H and O–H groups in total. The third kappa shape index (κ3) is 12.9. The van der Waals surface area contributed by atoms with Crippen molar-refractivity contribution in [2.45, 2.75) is 141 Å². The lowest BCUT2D eigenvalue weighted by Gasteiger charge is -2.61. The predicted octanol–water partition coefficient (Wildman–Crippen LogP) is 8.85. The summed E-state index contributed by atoms with van der Waals surface area (Å²) in [7, 11) is 3.58. The Morgan fingerprint density at radius 3 is 2.53 bits per heavy atom. The quantitative estimate of drug-likeness (QED) is 0.0212. The van der Waals surface area contributed by atoms with E-state index in [0.29, 0.717) is 70.1 Å². The van der Waals surface area contributed by atoms with Gasteiger partial charge in [0.1, 0.15) is 12.5 Å². The number of aliphatic hydroxyl groups is 5. The van der Waals surface area contributed by atoms with Crippen LogP contribution in [0.15, 0.2) is 125 Å². The molecule has 0 aromatic heterocycles. The fraction of sp³-hybridized carbons (Fsp3) is 0.583. The third-order valence-electron chi connectivity index (χ3n) is 16.6. The van der Waals surface area contributed by atoms with Crippen LogP contribution in [-0.4, -0.2) is 102 Å². The summed E-state index contributed by atoms with van der Waals surface area (Å²) >= 11 is 0. The number of aliphatic hydroxyl groups excluding tert-OH is 4. The van der Waals surface area contributed by atoms with Crippen molar-refractivity contribution in [3.05, 3.63) is 142 Å². The van der Waals surface area contributed by atoms with Crippen molar-refractivity contribution in [2.75, 3.05) is 40.5 Å². The molecule has 6 rings (SSSR count). The maximum absolute atomic E-state index is 13.2. The number of hydrogen-bond acceptors (Lipinski definition) is 10. The molecule has 2 fully saturated rings. The molecule has 3 aliphatic carbocycles. The summed E-state index contributed by atoms with van der Waals surface area (Å²) in [5, 5.41) is 66.2. The first-order valence-electron chi connectivity index (χ1n) is 26.1. The van der Waals surface area contributed by atoms with Gasteiger partial charge in [0, 0.05) is 49.5 Å². The van der Waals surface area contributed by atoms with Gasteiger partial charge in [0.15, 0.2) is 6.29 Å². The highest BCUT2D eigenvalue weighted by molar-refractivity contribution is 5.74. The normalized spacial score (nSPS) is 33.4. The van der Waals surface area contributed by atoms with Crippen LogP contribution in [-0.2, 0) is 27.1 Å². The fourth-order valence-corrected chi connectivity index (χ4v) is 12.9. The lowest BCUT2D eigenvalue weighted by atomic mass is 9.45. The maximum atomic E-state index is 13.2. The summed E-state index contributed by atoms with van der Waals surface area (Å²) in [6.07, 6.45) is 17.1. The summed E-state index contributed by atoms with van der Waals surface area (Å²) in [6, 6.07) is 19.5. The Hall–Kier alpha value is -3.81. The van der Waals surface area contributed by atoms with E-state index in [4.69, 9.17) is 16.1 Å². The minimum Gasteiger partial charge on any atom is -0.396 e. The van der Waals surface area contributed by atoms with Gasteiger partial charge in [-0.15, -0.1) is 0 Å². The summed E-state index contributed by atoms with van der Waals surface area (Å²) in [5.74, 6) is -0.885. The van der Waals surface area contributed by atoms with E-state index in [1.807, 2.05) is 53.0 Å². The molecule has 4 bridgehead atoms. The number of carbonyl (C=O) groups excluding carboxylic acids is 1. The van der Waals surface area contributed by atoms with Gasteiger partial charge >= 0.3 is 0 Å². The van der Waals surface area contributed by atoms with Crippen LogP contribution in [0.25, 0.3) is 0 Å². The number of methoxy groups -OCH3 is 1. The van der Waals surface area contributed by atoms with Crippen molar-refractivity contribution >= 4 is 6.29 Å². The summed E-state index contributed by atoms with van der Waals surface area (Å²) in [4.78, 5) is 12.6. The molecular weight excluding hydrogens is 877 g/mol. The Labute approximate surface area is 419 Å². The van der Waals surface area contributed by atoms with Crippen LogP contribution in [0, 0.1) is 40.9 Å². The molecule has 1 heterocycles. The van der Waals surface area contributed by atoms with Crippen molar-refractivity contribution in [1.29, 1.82) is 0 Å². The smallest absolute Gasteiger partial charge is 0.155 e. The van der Waals surface area contributed by atoms with Crippen molar-refractivity contribution in [2.24, 2.45) is 40.9 Å². The average Bonchev–Trinajstić information content (AvgIpc) is 3.68. The van der Waals surface area contributed by atoms with Gasteiger partial charge in [-0.25, -0.2) is 0 Å². The second-order valence-corrected chi connectivity index (χ2v) is 21.9. The van der Waals surface area contributed by atoms with Crippen molar-refractivity contribution in [3.8, 4) is 0 Å². The van der Waals surface area contributed by atoms with Gasteiger partial charge in [0.05, 0.1) is 18.3 Å². The van der Waals surface area contributed by atoms with E-state index in [0.717, 1.165) is 47.8 Å². The Bertz CT molecular complexity index is 2200. The Morgan fingerprint density at radius 2 is 1.83 bits per heavy atom. The lowest BCUT2D eigenvalue weighted by molar-refractivity contribution is -0.194. The van der Waals surface area contributed by atoms with Gasteiger partial charge < -0.3 is 40.3 Å². The molecule has 384 valence electrons. The highest BCUT2D eigenvalue weighted by Crippen LogP contribution is 2.67. The first-order valence-corrected chi connectivity index (χ1v) is 26.1. The summed E-state index contributed by atoms with van der Waals surface area (Å²) in [6.45, 7) is 16.0. The standard InChI is InChI=1S/C60H86N2O8/c1-40(2)34-53(65)70-39-49(52-26-28-60(56(52)66)55-46(27-32-63)22-23-48(54(55)43(5)38-64)37-59(60,68)29-31-61-7)19-12-14-41(3)50-24-20-42(4)57(67)62-58(6,30-33-69-8)36-45-17-13-18-47(35-45)51(50)25-21-44-15-10-9-11-16-44/h9-20,22-23,35,38,40,46,48,50-53,55-57,61-63,65-68H,3,21,24-34,36-37,39H2,1-2,4-8H3/b14-12+,42-20+,49-19-,54-43?/t46-,48-,50+,51-,52-,53-,55-,56+,57+,58-,59+,60+/m0/s1. The maximum Gasteiger partial charge on any atom is 0.155 e. The van der Waals surface area contributed by atoms with Crippen molar-refractivity contribution < 1.29 is 39.8 Å². The van der Waals surface area contributed by atoms with E-state index in [2.05, 4.69) is 90.4 Å². The van der Waals surface area contributed by atoms with Gasteiger partial charge in [0.25, 0.3) is 0 Å². The topological polar surface area (TPSA) is 161 Å². The van der Waals surface area contributed by atoms with Gasteiger partial charge in [-0.2, -0.15) is 0 Å². The Morgan fingerprint density at radius 1 is 1.06 bits per heavy atom. The zero-order valence-electron chi connectivity index (χ0n) is 43.3. The number of benzene rings is 2. The zero-order valence-corrected chi connectivity index (χ0v) is 43.3. The Balaban J connectivity index is 1.41. The van der Waals surface area contributed by atoms with Crippen molar-refractivity contribution in [3.63, 3.8) is 0 Å². The van der Waals surface area contributed by atoms with Crippen molar-refractivity contribution in [1.82, 2.24) is 10.6 Å². The molecule has 12 atom stereocenters. The molecule has 10 heteroatoms. The molecule has 2 saturated carbocycles. The van der Waals surface area contributed by atoms with Gasteiger partial charge in [-0.05, 0) is 162 Å². The molecule has 2 aromatic rings. The number of carbonyl (C=O) groups is 1. The summed E-state index contributed by atoms with van der Waals surface area (Å²) in [5.41, 5.74) is 5.15. The number of rotatable bonds is 21. The molecule has 70 heavy (non-hydrogen) atoms. The third-order valence-corrected chi connectivity index (χ3v) is 16.6. The molecule has 1 aliphatic heterocycles. The van der Waals surface area contributed by atoms with E-state index in [-0.39, 0.29) is 48.7 Å². The number of nitrogens with one attached hydrogen (secondary N) is 2. The lowest BCUT2D eigenvalue weighted by Crippen LogP contribution is -2.65. The molecule has 4 aliphatic rings. The van der Waals surface area contributed by atoms with Crippen LogP contribution >= 0.6 is 0 Å². The minimum atomic E-state index is -1.28. The molecular formula is C60H86N2O8. The summed E-state index contributed by atoms with van der Waals surface area (Å²) < 4.78 is 11.7. The first kappa shape index (κ1) is 55.5. The number of fused-ring (bicyclic) bond motifs is 5. The van der Waals surface area contributed by atoms with Crippen LogP contribution in [0.5, 0.6) is 0 Å².